The van der Waals surface area contributed by atoms with Crippen molar-refractivity contribution in [2.75, 3.05) is 14.2 Å². The van der Waals surface area contributed by atoms with Crippen molar-refractivity contribution in [3.05, 3.63) is 95.6 Å². The second kappa shape index (κ2) is 9.34. The average Bonchev–Trinajstić information content (AvgIpc) is 3.14. The lowest BCUT2D eigenvalue weighted by atomic mass is 9.99. The van der Waals surface area contributed by atoms with Crippen molar-refractivity contribution in [2.45, 2.75) is 12.1 Å². The van der Waals surface area contributed by atoms with Gasteiger partial charge in [0, 0.05) is 16.7 Å². The molecule has 2 atom stereocenters. The van der Waals surface area contributed by atoms with E-state index < -0.39 is 12.1 Å². The Balaban J connectivity index is 1.69. The standard InChI is InChI=1S/C25H23N3O4/c1-31-20-12-8-17(9-13-20)16-28-23(18-10-14-21(32-2)15-11-18)22(25(30)27-28)26-24(29)19-6-4-3-5-7-19/h3-16,22-23H,1-2H3,(H-,26,27,29,30)/p+1/b28-16-/t22-,23-/m0/s1. The fraction of sp³-hybridized carbons (Fsp3) is 0.160. The highest BCUT2D eigenvalue weighted by Gasteiger charge is 2.47. The largest absolute Gasteiger partial charge is 0.497 e. The van der Waals surface area contributed by atoms with Crippen LogP contribution in [0.2, 0.25) is 0 Å². The van der Waals surface area contributed by atoms with E-state index in [-0.39, 0.29) is 11.8 Å². The zero-order chi connectivity index (χ0) is 22.5. The summed E-state index contributed by atoms with van der Waals surface area (Å²) in [6, 6.07) is 22.5. The molecule has 1 heterocycles. The van der Waals surface area contributed by atoms with Crippen LogP contribution in [0.5, 0.6) is 11.5 Å². The summed E-state index contributed by atoms with van der Waals surface area (Å²) in [5.74, 6) is 0.851. The Morgan fingerprint density at radius 1 is 0.906 bits per heavy atom. The van der Waals surface area contributed by atoms with Crippen LogP contribution in [0.25, 0.3) is 0 Å². The summed E-state index contributed by atoms with van der Waals surface area (Å²) in [6.45, 7) is 0. The summed E-state index contributed by atoms with van der Waals surface area (Å²) in [7, 11) is 3.21. The van der Waals surface area contributed by atoms with Crippen LogP contribution in [0.1, 0.15) is 27.5 Å². The van der Waals surface area contributed by atoms with Crippen molar-refractivity contribution in [3.63, 3.8) is 0 Å². The SMILES string of the molecule is COc1ccc(/C=[N+]2\NC(=O)[C@@H](NC(=O)c3ccccc3)[C@@H]2c2ccc(OC)cc2)cc1. The van der Waals surface area contributed by atoms with Gasteiger partial charge in [0.05, 0.1) is 14.2 Å². The fourth-order valence-electron chi connectivity index (χ4n) is 3.65. The number of hydrazone groups is 1. The maximum Gasteiger partial charge on any atom is 0.304 e. The highest BCUT2D eigenvalue weighted by molar-refractivity contribution is 5.98. The number of hydrogen-bond acceptors (Lipinski definition) is 4. The first-order chi connectivity index (χ1) is 15.6. The topological polar surface area (TPSA) is 79.7 Å². The van der Waals surface area contributed by atoms with Gasteiger partial charge in [0.2, 0.25) is 12.3 Å². The van der Waals surface area contributed by atoms with Crippen LogP contribution in [0.4, 0.5) is 0 Å². The summed E-state index contributed by atoms with van der Waals surface area (Å²) in [4.78, 5) is 25.7. The van der Waals surface area contributed by atoms with Crippen LogP contribution in [-0.4, -0.2) is 43.0 Å². The number of carbonyl (C=O) groups is 2. The first-order valence-corrected chi connectivity index (χ1v) is 10.2. The molecule has 7 heteroatoms. The molecule has 4 rings (SSSR count). The van der Waals surface area contributed by atoms with Gasteiger partial charge < -0.3 is 14.8 Å². The molecular formula is C25H24N3O4+. The van der Waals surface area contributed by atoms with Crippen molar-refractivity contribution in [1.29, 1.82) is 0 Å². The first-order valence-electron chi connectivity index (χ1n) is 10.2. The van der Waals surface area contributed by atoms with Gasteiger partial charge in [-0.25, -0.2) is 0 Å². The minimum atomic E-state index is -0.786. The third kappa shape index (κ3) is 4.46. The quantitative estimate of drug-likeness (QED) is 0.590. The molecule has 2 amide bonds. The second-order valence-corrected chi connectivity index (χ2v) is 7.32. The summed E-state index contributed by atoms with van der Waals surface area (Å²) in [5.41, 5.74) is 5.10. The molecule has 1 aliphatic rings. The van der Waals surface area contributed by atoms with Gasteiger partial charge in [-0.3, -0.25) is 9.59 Å². The number of carbonyl (C=O) groups excluding carboxylic acids is 2. The van der Waals surface area contributed by atoms with Crippen molar-refractivity contribution in [1.82, 2.24) is 10.7 Å². The minimum absolute atomic E-state index is 0.292. The van der Waals surface area contributed by atoms with Gasteiger partial charge >= 0.3 is 5.91 Å². The number of nitrogens with one attached hydrogen (secondary N) is 2. The Kier molecular flexibility index (Phi) is 6.17. The van der Waals surface area contributed by atoms with E-state index >= 15 is 0 Å². The highest BCUT2D eigenvalue weighted by atomic mass is 16.5. The third-order valence-electron chi connectivity index (χ3n) is 5.32. The molecule has 7 nitrogen and oxygen atoms in total. The summed E-state index contributed by atoms with van der Waals surface area (Å²) in [5, 5.41) is 2.89. The van der Waals surface area contributed by atoms with Crippen LogP contribution < -0.4 is 20.2 Å². The number of ether oxygens (including phenoxy) is 2. The number of nitrogens with zero attached hydrogens (tertiary/aromatic N) is 1. The van der Waals surface area contributed by atoms with E-state index in [1.807, 2.05) is 60.8 Å². The van der Waals surface area contributed by atoms with Gasteiger partial charge in [-0.1, -0.05) is 18.2 Å². The van der Waals surface area contributed by atoms with Crippen molar-refractivity contribution < 1.29 is 23.7 Å². The maximum atomic E-state index is 12.9. The first kappa shape index (κ1) is 21.1. The Morgan fingerprint density at radius 2 is 1.50 bits per heavy atom. The summed E-state index contributed by atoms with van der Waals surface area (Å²) < 4.78 is 12.2. The molecular weight excluding hydrogens is 406 g/mol. The van der Waals surface area contributed by atoms with E-state index in [1.165, 1.54) is 0 Å². The summed E-state index contributed by atoms with van der Waals surface area (Å²) >= 11 is 0. The molecule has 1 saturated heterocycles. The van der Waals surface area contributed by atoms with Gasteiger partial charge in [0.1, 0.15) is 11.5 Å². The molecule has 0 saturated carbocycles. The van der Waals surface area contributed by atoms with E-state index in [2.05, 4.69) is 10.7 Å². The minimum Gasteiger partial charge on any atom is -0.497 e. The number of amides is 2. The Morgan fingerprint density at radius 3 is 2.09 bits per heavy atom. The van der Waals surface area contributed by atoms with Gasteiger partial charge in [0.15, 0.2) is 6.04 Å². The van der Waals surface area contributed by atoms with Crippen molar-refractivity contribution in [3.8, 4) is 11.5 Å². The molecule has 1 aliphatic heterocycles. The Bertz CT molecular complexity index is 1130. The molecule has 2 N–H and O–H groups in total. The molecule has 0 spiro atoms. The molecule has 0 bridgehead atoms. The van der Waals surface area contributed by atoms with Crippen LogP contribution in [0, 0.1) is 0 Å². The maximum absolute atomic E-state index is 12.9. The molecule has 0 aliphatic carbocycles. The van der Waals surface area contributed by atoms with E-state index in [4.69, 9.17) is 9.47 Å². The normalized spacial score (nSPS) is 18.8. The number of hydrazine groups is 1. The van der Waals surface area contributed by atoms with Crippen molar-refractivity contribution >= 4 is 18.0 Å². The Hall–Kier alpha value is -4.13. The zero-order valence-electron chi connectivity index (χ0n) is 17.8. The van der Waals surface area contributed by atoms with Crippen LogP contribution >= 0.6 is 0 Å². The van der Waals surface area contributed by atoms with Gasteiger partial charge in [-0.2, -0.15) is 0 Å². The average molecular weight is 430 g/mol. The Labute approximate surface area is 186 Å². The zero-order valence-corrected chi connectivity index (χ0v) is 17.8. The van der Waals surface area contributed by atoms with E-state index in [0.717, 1.165) is 16.9 Å². The number of rotatable bonds is 6. The fourth-order valence-corrected chi connectivity index (χ4v) is 3.65. The molecule has 0 aromatic heterocycles. The lowest BCUT2D eigenvalue weighted by Crippen LogP contribution is -2.42. The van der Waals surface area contributed by atoms with Crippen molar-refractivity contribution in [2.24, 2.45) is 0 Å². The van der Waals surface area contributed by atoms with Gasteiger partial charge in [-0.05, 0) is 60.7 Å². The lowest BCUT2D eigenvalue weighted by molar-refractivity contribution is -0.596. The van der Waals surface area contributed by atoms with E-state index in [0.29, 0.717) is 11.3 Å². The third-order valence-corrected chi connectivity index (χ3v) is 5.32. The number of methoxy groups -OCH3 is 2. The van der Waals surface area contributed by atoms with Gasteiger partial charge in [0.25, 0.3) is 5.91 Å². The second-order valence-electron chi connectivity index (χ2n) is 7.32. The lowest BCUT2D eigenvalue weighted by Gasteiger charge is -2.15. The predicted molar refractivity (Wildman–Crippen MR) is 120 cm³/mol. The summed E-state index contributed by atoms with van der Waals surface area (Å²) in [6.07, 6.45) is 1.83. The van der Waals surface area contributed by atoms with Crippen LogP contribution in [0.3, 0.4) is 0 Å². The molecule has 3 aromatic carbocycles. The van der Waals surface area contributed by atoms with Gasteiger partial charge in [-0.15, -0.1) is 10.1 Å². The molecule has 0 radical (unpaired) electrons. The molecule has 3 aromatic rings. The van der Waals surface area contributed by atoms with E-state index in [1.54, 1.807) is 43.2 Å². The highest BCUT2D eigenvalue weighted by Crippen LogP contribution is 2.27. The van der Waals surface area contributed by atoms with Crippen LogP contribution in [0.15, 0.2) is 78.9 Å². The molecule has 0 unspecified atom stereocenters. The van der Waals surface area contributed by atoms with Crippen LogP contribution in [-0.2, 0) is 4.79 Å². The monoisotopic (exact) mass is 430 g/mol. The molecule has 1 fully saturated rings. The molecule has 32 heavy (non-hydrogen) atoms. The molecule has 162 valence electrons. The predicted octanol–water partition coefficient (Wildman–Crippen LogP) is 2.72. The number of benzene rings is 3. The van der Waals surface area contributed by atoms with E-state index in [9.17, 15) is 9.59 Å². The number of hydrogen-bond donors (Lipinski definition) is 2. The smallest absolute Gasteiger partial charge is 0.304 e.